The van der Waals surface area contributed by atoms with Gasteiger partial charge in [-0.2, -0.15) is 0 Å². The van der Waals surface area contributed by atoms with Gasteiger partial charge in [0.1, 0.15) is 6.04 Å². The molecular formula is C11H18N2O6. The number of carboxylic acids is 1. The minimum Gasteiger partial charge on any atom is -0.480 e. The van der Waals surface area contributed by atoms with E-state index in [2.05, 4.69) is 5.32 Å². The fourth-order valence-electron chi connectivity index (χ4n) is 1.84. The van der Waals surface area contributed by atoms with Crippen LogP contribution in [0.25, 0.3) is 0 Å². The molecule has 0 aliphatic carbocycles. The van der Waals surface area contributed by atoms with Gasteiger partial charge in [0.15, 0.2) is 0 Å². The molecule has 1 aliphatic heterocycles. The van der Waals surface area contributed by atoms with E-state index in [4.69, 9.17) is 14.9 Å². The molecule has 0 aromatic heterocycles. The predicted molar refractivity (Wildman–Crippen MR) is 63.2 cm³/mol. The lowest BCUT2D eigenvalue weighted by atomic mass is 10.1. The zero-order valence-electron chi connectivity index (χ0n) is 10.7. The van der Waals surface area contributed by atoms with Gasteiger partial charge < -0.3 is 25.2 Å². The number of hydrogen-bond acceptors (Lipinski definition) is 5. The molecule has 1 heterocycles. The number of ether oxygens (including phenoxy) is 1. The molecule has 2 atom stereocenters. The maximum atomic E-state index is 11.8. The zero-order valence-corrected chi connectivity index (χ0v) is 10.7. The van der Waals surface area contributed by atoms with E-state index < -0.39 is 30.4 Å². The van der Waals surface area contributed by atoms with Crippen molar-refractivity contribution in [3.63, 3.8) is 0 Å². The van der Waals surface area contributed by atoms with Crippen molar-refractivity contribution >= 4 is 17.8 Å². The molecule has 3 N–H and O–H groups in total. The second kappa shape index (κ2) is 7.05. The molecule has 0 aromatic carbocycles. The number of nitrogens with zero attached hydrogens (tertiary/aromatic N) is 1. The monoisotopic (exact) mass is 274 g/mol. The molecule has 0 bridgehead atoms. The van der Waals surface area contributed by atoms with Gasteiger partial charge in [0, 0.05) is 26.6 Å². The molecule has 0 aromatic rings. The maximum absolute atomic E-state index is 11.8. The first-order valence-electron chi connectivity index (χ1n) is 5.90. The quantitative estimate of drug-likeness (QED) is 0.496. The highest BCUT2D eigenvalue weighted by atomic mass is 16.5. The summed E-state index contributed by atoms with van der Waals surface area (Å²) in [6, 6.07) is -1.34. The van der Waals surface area contributed by atoms with E-state index >= 15 is 0 Å². The van der Waals surface area contributed by atoms with Crippen LogP contribution in [0.4, 0.5) is 0 Å². The number of rotatable bonds is 7. The Labute approximate surface area is 110 Å². The minimum absolute atomic E-state index is 0.0489. The van der Waals surface area contributed by atoms with E-state index in [1.165, 1.54) is 12.0 Å². The lowest BCUT2D eigenvalue weighted by Crippen LogP contribution is -2.46. The number of aliphatic hydroxyl groups excluding tert-OH is 1. The Morgan fingerprint density at radius 2 is 2.26 bits per heavy atom. The Bertz CT molecular complexity index is 359. The van der Waals surface area contributed by atoms with E-state index in [0.29, 0.717) is 13.2 Å². The van der Waals surface area contributed by atoms with Crippen LogP contribution in [0.2, 0.25) is 0 Å². The van der Waals surface area contributed by atoms with Crippen molar-refractivity contribution in [2.45, 2.75) is 12.5 Å². The van der Waals surface area contributed by atoms with Crippen molar-refractivity contribution in [3.05, 3.63) is 0 Å². The van der Waals surface area contributed by atoms with Crippen molar-refractivity contribution < 1.29 is 29.3 Å². The Morgan fingerprint density at radius 1 is 1.58 bits per heavy atom. The predicted octanol–water partition coefficient (Wildman–Crippen LogP) is -1.96. The lowest BCUT2D eigenvalue weighted by molar-refractivity contribution is -0.143. The molecule has 1 unspecified atom stereocenters. The molecule has 108 valence electrons. The summed E-state index contributed by atoms with van der Waals surface area (Å²) >= 11 is 0. The van der Waals surface area contributed by atoms with Gasteiger partial charge in [0.2, 0.25) is 11.8 Å². The molecule has 0 spiro atoms. The molecule has 8 nitrogen and oxygen atoms in total. The van der Waals surface area contributed by atoms with Gasteiger partial charge in [0.25, 0.3) is 0 Å². The highest BCUT2D eigenvalue weighted by molar-refractivity contribution is 5.91. The summed E-state index contributed by atoms with van der Waals surface area (Å²) in [5.74, 6) is -2.59. The maximum Gasteiger partial charge on any atom is 0.328 e. The first kappa shape index (κ1) is 15.4. The minimum atomic E-state index is -1.34. The van der Waals surface area contributed by atoms with E-state index in [9.17, 15) is 14.4 Å². The van der Waals surface area contributed by atoms with Gasteiger partial charge in [-0.1, -0.05) is 0 Å². The van der Waals surface area contributed by atoms with E-state index in [0.717, 1.165) is 0 Å². The summed E-state index contributed by atoms with van der Waals surface area (Å²) in [7, 11) is 1.52. The van der Waals surface area contributed by atoms with E-state index in [-0.39, 0.29) is 18.9 Å². The molecule has 2 amide bonds. The molecule has 1 rings (SSSR count). The summed E-state index contributed by atoms with van der Waals surface area (Å²) in [6.07, 6.45) is 0.0489. The number of likely N-dealkylation sites (tertiary alicyclic amines) is 1. The molecule has 1 aliphatic rings. The smallest absolute Gasteiger partial charge is 0.328 e. The van der Waals surface area contributed by atoms with Gasteiger partial charge in [-0.05, 0) is 0 Å². The molecule has 1 saturated heterocycles. The lowest BCUT2D eigenvalue weighted by Gasteiger charge is -2.17. The normalized spacial score (nSPS) is 20.4. The standard InChI is InChI=1S/C11H18N2O6/c1-19-3-2-13-5-7(4-9(13)15)10(16)12-8(6-14)11(17)18/h7-8,14H,2-6H2,1H3,(H,12,16)(H,17,18)/t7?,8-/m0/s1. The Kier molecular flexibility index (Phi) is 5.71. The fraction of sp³-hybridized carbons (Fsp3) is 0.727. The molecule has 0 radical (unpaired) electrons. The summed E-state index contributed by atoms with van der Waals surface area (Å²) in [5, 5.41) is 19.7. The summed E-state index contributed by atoms with van der Waals surface area (Å²) in [5.41, 5.74) is 0. The van der Waals surface area contributed by atoms with Crippen LogP contribution < -0.4 is 5.32 Å². The number of carboxylic acid groups (broad SMARTS) is 1. The molecule has 8 heteroatoms. The van der Waals surface area contributed by atoms with Crippen molar-refractivity contribution in [3.8, 4) is 0 Å². The number of nitrogens with one attached hydrogen (secondary N) is 1. The fourth-order valence-corrected chi connectivity index (χ4v) is 1.84. The summed E-state index contributed by atoms with van der Waals surface area (Å²) in [6.45, 7) is 0.344. The van der Waals surface area contributed by atoms with Crippen LogP contribution in [0.5, 0.6) is 0 Å². The molecule has 19 heavy (non-hydrogen) atoms. The first-order valence-corrected chi connectivity index (χ1v) is 5.90. The number of aliphatic hydroxyl groups is 1. The van der Waals surface area contributed by atoms with Gasteiger partial charge in [0.05, 0.1) is 19.1 Å². The van der Waals surface area contributed by atoms with Crippen LogP contribution in [0.15, 0.2) is 0 Å². The van der Waals surface area contributed by atoms with Crippen LogP contribution >= 0.6 is 0 Å². The van der Waals surface area contributed by atoms with Gasteiger partial charge in [-0.3, -0.25) is 9.59 Å². The van der Waals surface area contributed by atoms with Crippen LogP contribution in [0.1, 0.15) is 6.42 Å². The second-order valence-corrected chi connectivity index (χ2v) is 4.32. The summed E-state index contributed by atoms with van der Waals surface area (Å²) < 4.78 is 4.86. The highest BCUT2D eigenvalue weighted by Crippen LogP contribution is 2.17. The third-order valence-electron chi connectivity index (χ3n) is 2.95. The first-order chi connectivity index (χ1) is 8.99. The average Bonchev–Trinajstić information content (AvgIpc) is 2.74. The van der Waals surface area contributed by atoms with Crippen molar-refractivity contribution in [1.82, 2.24) is 10.2 Å². The van der Waals surface area contributed by atoms with Crippen LogP contribution in [0.3, 0.4) is 0 Å². The number of aliphatic carboxylic acids is 1. The number of amides is 2. The largest absolute Gasteiger partial charge is 0.480 e. The van der Waals surface area contributed by atoms with Gasteiger partial charge in [-0.25, -0.2) is 4.79 Å². The topological polar surface area (TPSA) is 116 Å². The van der Waals surface area contributed by atoms with Crippen LogP contribution in [0, 0.1) is 5.92 Å². The SMILES string of the molecule is COCCN1CC(C(=O)N[C@@H](CO)C(=O)O)CC1=O. The Morgan fingerprint density at radius 3 is 2.79 bits per heavy atom. The van der Waals surface area contributed by atoms with Crippen molar-refractivity contribution in [1.29, 1.82) is 0 Å². The average molecular weight is 274 g/mol. The van der Waals surface area contributed by atoms with Crippen LogP contribution in [-0.2, 0) is 19.1 Å². The number of methoxy groups -OCH3 is 1. The summed E-state index contributed by atoms with van der Waals surface area (Å²) in [4.78, 5) is 35.6. The van der Waals surface area contributed by atoms with E-state index in [1.807, 2.05) is 0 Å². The third kappa shape index (κ3) is 4.18. The Balaban J connectivity index is 2.51. The molecule has 0 saturated carbocycles. The van der Waals surface area contributed by atoms with Crippen LogP contribution in [-0.4, -0.2) is 72.4 Å². The Hall–Kier alpha value is -1.67. The van der Waals surface area contributed by atoms with Gasteiger partial charge >= 0.3 is 5.97 Å². The zero-order chi connectivity index (χ0) is 14.4. The van der Waals surface area contributed by atoms with Crippen molar-refractivity contribution in [2.75, 3.05) is 33.4 Å². The number of carbonyl (C=O) groups excluding carboxylic acids is 2. The number of hydrogen-bond donors (Lipinski definition) is 3. The highest BCUT2D eigenvalue weighted by Gasteiger charge is 2.35. The second-order valence-electron chi connectivity index (χ2n) is 4.32. The third-order valence-corrected chi connectivity index (χ3v) is 2.95. The molecule has 1 fully saturated rings. The molecular weight excluding hydrogens is 256 g/mol. The van der Waals surface area contributed by atoms with Gasteiger partial charge in [-0.15, -0.1) is 0 Å². The number of carbonyl (C=O) groups is 3. The van der Waals surface area contributed by atoms with Crippen molar-refractivity contribution in [2.24, 2.45) is 5.92 Å². The van der Waals surface area contributed by atoms with E-state index in [1.54, 1.807) is 0 Å².